The molecule has 2 N–H and O–H groups in total. The second kappa shape index (κ2) is 6.58. The van der Waals surface area contributed by atoms with Crippen LogP contribution in [0.2, 0.25) is 0 Å². The number of benzene rings is 2. The minimum absolute atomic E-state index is 0.182. The molecule has 2 heteroatoms. The zero-order chi connectivity index (χ0) is 14.5. The van der Waals surface area contributed by atoms with E-state index in [2.05, 4.69) is 32.0 Å². The van der Waals surface area contributed by atoms with Crippen LogP contribution in [0.1, 0.15) is 30.5 Å². The molecule has 0 spiro atoms. The van der Waals surface area contributed by atoms with Crippen molar-refractivity contribution >= 4 is 0 Å². The van der Waals surface area contributed by atoms with E-state index in [1.54, 1.807) is 0 Å². The lowest BCUT2D eigenvalue weighted by Gasteiger charge is -2.13. The summed E-state index contributed by atoms with van der Waals surface area (Å²) in [6.45, 7) is 6.27. The maximum Gasteiger partial charge on any atom is 0.130 e. The molecule has 106 valence electrons. The van der Waals surface area contributed by atoms with Gasteiger partial charge in [0.15, 0.2) is 0 Å². The summed E-state index contributed by atoms with van der Waals surface area (Å²) in [6, 6.07) is 14.6. The molecule has 20 heavy (non-hydrogen) atoms. The van der Waals surface area contributed by atoms with Crippen LogP contribution in [0.15, 0.2) is 42.5 Å². The molecule has 0 aliphatic rings. The zero-order valence-electron chi connectivity index (χ0n) is 12.5. The predicted molar refractivity (Wildman–Crippen MR) is 84.4 cm³/mol. The normalized spacial score (nSPS) is 12.2. The van der Waals surface area contributed by atoms with Gasteiger partial charge in [0.2, 0.25) is 0 Å². The summed E-state index contributed by atoms with van der Waals surface area (Å²) < 4.78 is 6.01. The second-order valence-electron chi connectivity index (χ2n) is 5.33. The van der Waals surface area contributed by atoms with Crippen LogP contribution in [0.3, 0.4) is 0 Å². The highest BCUT2D eigenvalue weighted by molar-refractivity contribution is 5.41. The van der Waals surface area contributed by atoms with Gasteiger partial charge in [-0.1, -0.05) is 31.2 Å². The molecule has 0 radical (unpaired) electrons. The molecule has 0 aliphatic carbocycles. The average molecular weight is 269 g/mol. The van der Waals surface area contributed by atoms with Crippen molar-refractivity contribution in [1.82, 2.24) is 0 Å². The fourth-order valence-electron chi connectivity index (χ4n) is 2.33. The molecule has 2 nitrogen and oxygen atoms in total. The third-order valence-corrected chi connectivity index (χ3v) is 3.44. The van der Waals surface area contributed by atoms with Crippen LogP contribution in [0.25, 0.3) is 0 Å². The molecule has 0 amide bonds. The molecule has 1 atom stereocenters. The third kappa shape index (κ3) is 3.61. The molecule has 0 aromatic heterocycles. The maximum atomic E-state index is 6.01. The van der Waals surface area contributed by atoms with Gasteiger partial charge in [0.25, 0.3) is 0 Å². The summed E-state index contributed by atoms with van der Waals surface area (Å²) in [5.41, 5.74) is 9.61. The Labute approximate surface area is 121 Å². The Morgan fingerprint density at radius 2 is 1.85 bits per heavy atom. The zero-order valence-corrected chi connectivity index (χ0v) is 12.5. The van der Waals surface area contributed by atoms with Crippen LogP contribution in [-0.4, -0.2) is 6.04 Å². The van der Waals surface area contributed by atoms with Gasteiger partial charge < -0.3 is 10.5 Å². The van der Waals surface area contributed by atoms with Gasteiger partial charge in [-0.05, 0) is 61.6 Å². The highest BCUT2D eigenvalue weighted by Crippen LogP contribution is 2.27. The summed E-state index contributed by atoms with van der Waals surface area (Å²) >= 11 is 0. The number of rotatable bonds is 5. The van der Waals surface area contributed by atoms with E-state index in [-0.39, 0.29) is 6.04 Å². The summed E-state index contributed by atoms with van der Waals surface area (Å²) in [5, 5.41) is 0. The Hall–Kier alpha value is -1.80. The predicted octanol–water partition coefficient (Wildman–Crippen LogP) is 4.24. The van der Waals surface area contributed by atoms with Crippen molar-refractivity contribution in [3.05, 3.63) is 59.2 Å². The van der Waals surface area contributed by atoms with Gasteiger partial charge in [-0.2, -0.15) is 0 Å². The van der Waals surface area contributed by atoms with Crippen LogP contribution >= 0.6 is 0 Å². The van der Waals surface area contributed by atoms with Crippen LogP contribution in [0, 0.1) is 6.92 Å². The largest absolute Gasteiger partial charge is 0.457 e. The first kappa shape index (κ1) is 14.6. The standard InChI is InChI=1S/C18H23NO/c1-4-15-7-5-6-8-18(15)20-17-10-9-16(12-14(3)19)13(2)11-17/h5-11,14H,4,12,19H2,1-3H3. The van der Waals surface area contributed by atoms with E-state index < -0.39 is 0 Å². The lowest BCUT2D eigenvalue weighted by Crippen LogP contribution is -2.18. The number of para-hydroxylation sites is 1. The van der Waals surface area contributed by atoms with Crippen molar-refractivity contribution < 1.29 is 4.74 Å². The third-order valence-electron chi connectivity index (χ3n) is 3.44. The molecule has 0 aliphatic heterocycles. The van der Waals surface area contributed by atoms with Crippen molar-refractivity contribution in [1.29, 1.82) is 0 Å². The van der Waals surface area contributed by atoms with Gasteiger partial charge in [-0.25, -0.2) is 0 Å². The molecule has 0 heterocycles. The molecule has 1 unspecified atom stereocenters. The Bertz CT molecular complexity index is 575. The van der Waals surface area contributed by atoms with Gasteiger partial charge in [0.05, 0.1) is 0 Å². The van der Waals surface area contributed by atoms with E-state index in [0.717, 1.165) is 24.3 Å². The first-order valence-electron chi connectivity index (χ1n) is 7.21. The molecular formula is C18H23NO. The molecular weight excluding hydrogens is 246 g/mol. The van der Waals surface area contributed by atoms with Crippen molar-refractivity contribution in [2.45, 2.75) is 39.7 Å². The van der Waals surface area contributed by atoms with E-state index in [0.29, 0.717) is 0 Å². The minimum atomic E-state index is 0.182. The number of nitrogens with two attached hydrogens (primary N) is 1. The van der Waals surface area contributed by atoms with Gasteiger partial charge in [0, 0.05) is 6.04 Å². The van der Waals surface area contributed by atoms with E-state index in [1.807, 2.05) is 31.2 Å². The van der Waals surface area contributed by atoms with Crippen molar-refractivity contribution in [2.75, 3.05) is 0 Å². The molecule has 0 bridgehead atoms. The Morgan fingerprint density at radius 1 is 1.10 bits per heavy atom. The van der Waals surface area contributed by atoms with E-state index in [9.17, 15) is 0 Å². The Morgan fingerprint density at radius 3 is 2.50 bits per heavy atom. The van der Waals surface area contributed by atoms with Gasteiger partial charge >= 0.3 is 0 Å². The molecule has 0 saturated heterocycles. The first-order chi connectivity index (χ1) is 9.60. The van der Waals surface area contributed by atoms with E-state index in [4.69, 9.17) is 10.5 Å². The topological polar surface area (TPSA) is 35.2 Å². The van der Waals surface area contributed by atoms with E-state index in [1.165, 1.54) is 16.7 Å². The quantitative estimate of drug-likeness (QED) is 0.881. The highest BCUT2D eigenvalue weighted by atomic mass is 16.5. The van der Waals surface area contributed by atoms with Crippen LogP contribution < -0.4 is 10.5 Å². The molecule has 2 rings (SSSR count). The summed E-state index contributed by atoms with van der Waals surface area (Å²) in [6.07, 6.45) is 1.87. The number of hydrogen-bond donors (Lipinski definition) is 1. The Kier molecular flexibility index (Phi) is 4.80. The summed E-state index contributed by atoms with van der Waals surface area (Å²) in [5.74, 6) is 1.83. The van der Waals surface area contributed by atoms with Crippen LogP contribution in [-0.2, 0) is 12.8 Å². The second-order valence-corrected chi connectivity index (χ2v) is 5.33. The van der Waals surface area contributed by atoms with Crippen molar-refractivity contribution in [3.8, 4) is 11.5 Å². The van der Waals surface area contributed by atoms with Gasteiger partial charge in [-0.15, -0.1) is 0 Å². The van der Waals surface area contributed by atoms with Gasteiger partial charge in [0.1, 0.15) is 11.5 Å². The van der Waals surface area contributed by atoms with Gasteiger partial charge in [-0.3, -0.25) is 0 Å². The van der Waals surface area contributed by atoms with Crippen LogP contribution in [0.5, 0.6) is 11.5 Å². The monoisotopic (exact) mass is 269 g/mol. The molecule has 2 aromatic rings. The summed E-state index contributed by atoms with van der Waals surface area (Å²) in [4.78, 5) is 0. The lowest BCUT2D eigenvalue weighted by atomic mass is 10.0. The fraction of sp³-hybridized carbons (Fsp3) is 0.333. The lowest BCUT2D eigenvalue weighted by molar-refractivity contribution is 0.476. The maximum absolute atomic E-state index is 6.01. The fourth-order valence-corrected chi connectivity index (χ4v) is 2.33. The summed E-state index contributed by atoms with van der Waals surface area (Å²) in [7, 11) is 0. The average Bonchev–Trinajstić information content (AvgIpc) is 2.42. The SMILES string of the molecule is CCc1ccccc1Oc1ccc(CC(C)N)c(C)c1. The molecule has 2 aromatic carbocycles. The first-order valence-corrected chi connectivity index (χ1v) is 7.21. The number of ether oxygens (including phenoxy) is 1. The number of aryl methyl sites for hydroxylation is 2. The Balaban J connectivity index is 2.20. The minimum Gasteiger partial charge on any atom is -0.457 e. The molecule has 0 fully saturated rings. The van der Waals surface area contributed by atoms with Crippen LogP contribution in [0.4, 0.5) is 0 Å². The highest BCUT2D eigenvalue weighted by Gasteiger charge is 2.06. The smallest absolute Gasteiger partial charge is 0.130 e. The number of hydrogen-bond acceptors (Lipinski definition) is 2. The van der Waals surface area contributed by atoms with E-state index >= 15 is 0 Å². The van der Waals surface area contributed by atoms with Crippen molar-refractivity contribution in [3.63, 3.8) is 0 Å². The molecule has 0 saturated carbocycles. The van der Waals surface area contributed by atoms with Crippen molar-refractivity contribution in [2.24, 2.45) is 5.73 Å².